The highest BCUT2D eigenvalue weighted by Crippen LogP contribution is 2.31. The van der Waals surface area contributed by atoms with E-state index in [-0.39, 0.29) is 22.5 Å². The lowest BCUT2D eigenvalue weighted by molar-refractivity contribution is 0.291. The SMILES string of the molecule is CC(C)CN(C1CCCC1)S(=O)(=O)c1cc(N)ccc1F. The van der Waals surface area contributed by atoms with E-state index in [1.807, 2.05) is 13.8 Å². The van der Waals surface area contributed by atoms with Crippen molar-refractivity contribution in [3.05, 3.63) is 24.0 Å². The summed E-state index contributed by atoms with van der Waals surface area (Å²) in [6, 6.07) is 3.67. The maximum absolute atomic E-state index is 14.0. The number of halogens is 1. The summed E-state index contributed by atoms with van der Waals surface area (Å²) in [5.74, 6) is -0.555. The zero-order valence-electron chi connectivity index (χ0n) is 12.5. The summed E-state index contributed by atoms with van der Waals surface area (Å²) in [4.78, 5) is -0.310. The Bertz CT molecular complexity index is 596. The van der Waals surface area contributed by atoms with Gasteiger partial charge in [0, 0.05) is 18.3 Å². The van der Waals surface area contributed by atoms with E-state index in [1.54, 1.807) is 0 Å². The van der Waals surface area contributed by atoms with Crippen molar-refractivity contribution in [3.8, 4) is 0 Å². The molecule has 0 spiro atoms. The van der Waals surface area contributed by atoms with Crippen LogP contribution < -0.4 is 5.73 Å². The highest BCUT2D eigenvalue weighted by atomic mass is 32.2. The Labute approximate surface area is 126 Å². The molecule has 0 aromatic heterocycles. The molecule has 1 aliphatic rings. The Kier molecular flexibility index (Phi) is 4.88. The lowest BCUT2D eigenvalue weighted by Gasteiger charge is -2.29. The number of nitrogen functional groups attached to an aromatic ring is 1. The van der Waals surface area contributed by atoms with Crippen molar-refractivity contribution in [3.63, 3.8) is 0 Å². The Morgan fingerprint density at radius 3 is 2.52 bits per heavy atom. The van der Waals surface area contributed by atoms with Gasteiger partial charge in [0.05, 0.1) is 0 Å². The van der Waals surface area contributed by atoms with E-state index in [4.69, 9.17) is 5.73 Å². The third-order valence-electron chi connectivity index (χ3n) is 3.82. The molecule has 0 saturated heterocycles. The lowest BCUT2D eigenvalue weighted by Crippen LogP contribution is -2.41. The quantitative estimate of drug-likeness (QED) is 0.850. The minimum absolute atomic E-state index is 0.0294. The molecule has 21 heavy (non-hydrogen) atoms. The molecule has 0 bridgehead atoms. The summed E-state index contributed by atoms with van der Waals surface area (Å²) in [6.07, 6.45) is 3.73. The van der Waals surface area contributed by atoms with Crippen LogP contribution in [0.3, 0.4) is 0 Å². The fraction of sp³-hybridized carbons (Fsp3) is 0.600. The van der Waals surface area contributed by atoms with E-state index in [2.05, 4.69) is 0 Å². The number of nitrogens with zero attached hydrogens (tertiary/aromatic N) is 1. The molecule has 2 rings (SSSR count). The van der Waals surface area contributed by atoms with E-state index in [1.165, 1.54) is 16.4 Å². The van der Waals surface area contributed by atoms with Crippen LogP contribution in [-0.4, -0.2) is 25.3 Å². The van der Waals surface area contributed by atoms with Crippen molar-refractivity contribution in [2.75, 3.05) is 12.3 Å². The van der Waals surface area contributed by atoms with Crippen LogP contribution in [0.4, 0.5) is 10.1 Å². The van der Waals surface area contributed by atoms with Gasteiger partial charge in [-0.15, -0.1) is 0 Å². The van der Waals surface area contributed by atoms with Gasteiger partial charge in [0.15, 0.2) is 0 Å². The number of rotatable bonds is 5. The van der Waals surface area contributed by atoms with Crippen LogP contribution in [0, 0.1) is 11.7 Å². The topological polar surface area (TPSA) is 63.4 Å². The zero-order chi connectivity index (χ0) is 15.6. The van der Waals surface area contributed by atoms with Gasteiger partial charge in [-0.1, -0.05) is 26.7 Å². The van der Waals surface area contributed by atoms with Gasteiger partial charge in [-0.25, -0.2) is 12.8 Å². The highest BCUT2D eigenvalue weighted by Gasteiger charge is 2.35. The predicted octanol–water partition coefficient (Wildman–Crippen LogP) is 3.00. The molecule has 6 heteroatoms. The molecule has 2 N–H and O–H groups in total. The maximum atomic E-state index is 14.0. The predicted molar refractivity (Wildman–Crippen MR) is 81.8 cm³/mol. The van der Waals surface area contributed by atoms with Crippen LogP contribution >= 0.6 is 0 Å². The van der Waals surface area contributed by atoms with Gasteiger partial charge in [0.2, 0.25) is 10.0 Å². The van der Waals surface area contributed by atoms with Gasteiger partial charge in [-0.2, -0.15) is 4.31 Å². The lowest BCUT2D eigenvalue weighted by atomic mass is 10.2. The second kappa shape index (κ2) is 6.32. The summed E-state index contributed by atoms with van der Waals surface area (Å²) in [7, 11) is -3.85. The van der Waals surface area contributed by atoms with Crippen LogP contribution in [0.25, 0.3) is 0 Å². The normalized spacial score (nSPS) is 17.0. The standard InChI is InChI=1S/C15H23FN2O2S/c1-11(2)10-18(13-5-3-4-6-13)21(19,20)15-9-12(17)7-8-14(15)16/h7-9,11,13H,3-6,10,17H2,1-2H3. The molecule has 1 aromatic rings. The van der Waals surface area contributed by atoms with Crippen LogP contribution in [-0.2, 0) is 10.0 Å². The number of hydrogen-bond donors (Lipinski definition) is 1. The zero-order valence-corrected chi connectivity index (χ0v) is 13.4. The molecule has 0 heterocycles. The molecule has 1 aliphatic carbocycles. The molecule has 1 aromatic carbocycles. The van der Waals surface area contributed by atoms with Gasteiger partial charge in [0.25, 0.3) is 0 Å². The number of sulfonamides is 1. The van der Waals surface area contributed by atoms with Crippen LogP contribution in [0.15, 0.2) is 23.1 Å². The number of nitrogens with two attached hydrogens (primary N) is 1. The second-order valence-corrected chi connectivity index (χ2v) is 7.96. The number of anilines is 1. The molecule has 118 valence electrons. The molecule has 0 radical (unpaired) electrons. The van der Waals surface area contributed by atoms with E-state index >= 15 is 0 Å². The Hall–Kier alpha value is -1.14. The molecular weight excluding hydrogens is 291 g/mol. The summed E-state index contributed by atoms with van der Waals surface area (Å²) in [5.41, 5.74) is 5.88. The minimum Gasteiger partial charge on any atom is -0.399 e. The first-order valence-corrected chi connectivity index (χ1v) is 8.83. The molecular formula is C15H23FN2O2S. The first kappa shape index (κ1) is 16.2. The second-order valence-electron chi connectivity index (χ2n) is 6.10. The van der Waals surface area contributed by atoms with Crippen molar-refractivity contribution in [1.29, 1.82) is 0 Å². The van der Waals surface area contributed by atoms with Gasteiger partial charge >= 0.3 is 0 Å². The first-order chi connectivity index (χ1) is 9.82. The average molecular weight is 314 g/mol. The van der Waals surface area contributed by atoms with Gasteiger partial charge in [-0.3, -0.25) is 0 Å². The van der Waals surface area contributed by atoms with E-state index in [0.717, 1.165) is 31.7 Å². The largest absolute Gasteiger partial charge is 0.399 e. The van der Waals surface area contributed by atoms with Crippen molar-refractivity contribution in [2.24, 2.45) is 5.92 Å². The molecule has 1 fully saturated rings. The molecule has 1 saturated carbocycles. The average Bonchev–Trinajstić information content (AvgIpc) is 2.92. The minimum atomic E-state index is -3.85. The Balaban J connectivity index is 2.43. The van der Waals surface area contributed by atoms with E-state index in [0.29, 0.717) is 6.54 Å². The van der Waals surface area contributed by atoms with Crippen molar-refractivity contribution in [2.45, 2.75) is 50.5 Å². The fourth-order valence-corrected chi connectivity index (χ4v) is 4.79. The van der Waals surface area contributed by atoms with Crippen LogP contribution in [0.5, 0.6) is 0 Å². The maximum Gasteiger partial charge on any atom is 0.246 e. The summed E-state index contributed by atoms with van der Waals surface area (Å²) >= 11 is 0. The van der Waals surface area contributed by atoms with Crippen LogP contribution in [0.1, 0.15) is 39.5 Å². The summed E-state index contributed by atoms with van der Waals surface area (Å²) in [5, 5.41) is 0. The molecule has 4 nitrogen and oxygen atoms in total. The van der Waals surface area contributed by atoms with Gasteiger partial charge < -0.3 is 5.73 Å². The van der Waals surface area contributed by atoms with E-state index < -0.39 is 15.8 Å². The molecule has 0 unspecified atom stereocenters. The van der Waals surface area contributed by atoms with Gasteiger partial charge in [0.1, 0.15) is 10.7 Å². The first-order valence-electron chi connectivity index (χ1n) is 7.39. The summed E-state index contributed by atoms with van der Waals surface area (Å²) < 4.78 is 41.2. The molecule has 0 amide bonds. The third kappa shape index (κ3) is 3.55. The smallest absolute Gasteiger partial charge is 0.246 e. The molecule has 0 atom stereocenters. The number of hydrogen-bond acceptors (Lipinski definition) is 3. The van der Waals surface area contributed by atoms with Crippen molar-refractivity contribution >= 4 is 15.7 Å². The Morgan fingerprint density at radius 1 is 1.33 bits per heavy atom. The third-order valence-corrected chi connectivity index (χ3v) is 5.75. The van der Waals surface area contributed by atoms with Crippen molar-refractivity contribution < 1.29 is 12.8 Å². The molecule has 0 aliphatic heterocycles. The monoisotopic (exact) mass is 314 g/mol. The van der Waals surface area contributed by atoms with Gasteiger partial charge in [-0.05, 0) is 37.0 Å². The number of benzene rings is 1. The fourth-order valence-electron chi connectivity index (χ4n) is 2.84. The van der Waals surface area contributed by atoms with E-state index in [9.17, 15) is 12.8 Å². The highest BCUT2D eigenvalue weighted by molar-refractivity contribution is 7.89. The Morgan fingerprint density at radius 2 is 1.95 bits per heavy atom. The summed E-state index contributed by atoms with van der Waals surface area (Å²) in [6.45, 7) is 4.33. The van der Waals surface area contributed by atoms with Crippen LogP contribution in [0.2, 0.25) is 0 Å². The van der Waals surface area contributed by atoms with Crippen molar-refractivity contribution in [1.82, 2.24) is 4.31 Å².